The van der Waals surface area contributed by atoms with Crippen molar-refractivity contribution in [2.24, 2.45) is 0 Å². The molecule has 1 nitrogen and oxygen atoms in total. The number of halogens is 1. The highest BCUT2D eigenvalue weighted by atomic mass is 79.9. The summed E-state index contributed by atoms with van der Waals surface area (Å²) in [5.74, 6) is 1.72. The normalized spacial score (nSPS) is 15.6. The number of rotatable bonds is 3. The molecular weight excluding hydrogens is 312 g/mol. The standard InChI is InChI=1S/C18H21BrO/c1-18(2,3)14-9-13(11-19)17(12-6-7-12)15(10-14)16-5-4-8-20-16/h4-5,8-10,12H,6-7,11H2,1-3H3. The van der Waals surface area contributed by atoms with Crippen LogP contribution in [-0.2, 0) is 10.7 Å². The van der Waals surface area contributed by atoms with Gasteiger partial charge in [-0.25, -0.2) is 0 Å². The molecule has 2 heteroatoms. The minimum absolute atomic E-state index is 0.153. The molecular formula is C18H21BrO. The van der Waals surface area contributed by atoms with Crippen LogP contribution in [0.1, 0.15) is 56.2 Å². The molecule has 20 heavy (non-hydrogen) atoms. The number of alkyl halides is 1. The Balaban J connectivity index is 2.23. The van der Waals surface area contributed by atoms with Crippen LogP contribution in [0.2, 0.25) is 0 Å². The van der Waals surface area contributed by atoms with Crippen LogP contribution in [0.15, 0.2) is 34.9 Å². The first-order valence-electron chi connectivity index (χ1n) is 7.28. The van der Waals surface area contributed by atoms with Crippen molar-refractivity contribution >= 4 is 15.9 Å². The molecule has 106 valence electrons. The fourth-order valence-corrected chi connectivity index (χ4v) is 3.21. The Morgan fingerprint density at radius 1 is 1.25 bits per heavy atom. The minimum Gasteiger partial charge on any atom is -0.464 e. The highest BCUT2D eigenvalue weighted by Gasteiger charge is 2.31. The molecule has 1 aromatic heterocycles. The van der Waals surface area contributed by atoms with Gasteiger partial charge in [-0.3, -0.25) is 0 Å². The number of hydrogen-bond donors (Lipinski definition) is 0. The van der Waals surface area contributed by atoms with Crippen molar-refractivity contribution in [1.29, 1.82) is 0 Å². The van der Waals surface area contributed by atoms with Crippen molar-refractivity contribution in [3.8, 4) is 11.3 Å². The maximum Gasteiger partial charge on any atom is 0.134 e. The molecule has 2 aromatic rings. The van der Waals surface area contributed by atoms with Gasteiger partial charge in [0, 0.05) is 10.9 Å². The highest BCUT2D eigenvalue weighted by molar-refractivity contribution is 9.08. The zero-order valence-electron chi connectivity index (χ0n) is 12.4. The van der Waals surface area contributed by atoms with Gasteiger partial charge >= 0.3 is 0 Å². The lowest BCUT2D eigenvalue weighted by Gasteiger charge is -2.23. The third kappa shape index (κ3) is 2.58. The van der Waals surface area contributed by atoms with Crippen molar-refractivity contribution in [2.45, 2.75) is 50.3 Å². The lowest BCUT2D eigenvalue weighted by atomic mass is 9.82. The van der Waals surface area contributed by atoms with E-state index in [4.69, 9.17) is 4.42 Å². The van der Waals surface area contributed by atoms with E-state index in [0.29, 0.717) is 0 Å². The molecule has 1 aliphatic rings. The first-order valence-corrected chi connectivity index (χ1v) is 8.40. The molecule has 0 spiro atoms. The van der Waals surface area contributed by atoms with Crippen molar-refractivity contribution in [3.63, 3.8) is 0 Å². The second kappa shape index (κ2) is 5.07. The monoisotopic (exact) mass is 332 g/mol. The van der Waals surface area contributed by atoms with E-state index in [0.717, 1.165) is 17.0 Å². The topological polar surface area (TPSA) is 13.1 Å². The summed E-state index contributed by atoms with van der Waals surface area (Å²) < 4.78 is 5.69. The van der Waals surface area contributed by atoms with Crippen LogP contribution in [0.5, 0.6) is 0 Å². The van der Waals surface area contributed by atoms with Crippen LogP contribution in [-0.4, -0.2) is 0 Å². The number of furan rings is 1. The smallest absolute Gasteiger partial charge is 0.134 e. The molecule has 0 atom stereocenters. The van der Waals surface area contributed by atoms with Crippen LogP contribution in [0.4, 0.5) is 0 Å². The minimum atomic E-state index is 0.153. The molecule has 0 unspecified atom stereocenters. The third-order valence-electron chi connectivity index (χ3n) is 4.05. The summed E-state index contributed by atoms with van der Waals surface area (Å²) >= 11 is 3.67. The predicted octanol–water partition coefficient (Wildman–Crippen LogP) is 6.02. The first kappa shape index (κ1) is 13.9. The second-order valence-electron chi connectivity index (χ2n) is 6.73. The molecule has 3 rings (SSSR count). The third-order valence-corrected chi connectivity index (χ3v) is 4.65. The van der Waals surface area contributed by atoms with Crippen molar-refractivity contribution < 1.29 is 4.42 Å². The van der Waals surface area contributed by atoms with Crippen LogP contribution in [0.3, 0.4) is 0 Å². The van der Waals surface area contributed by atoms with E-state index in [-0.39, 0.29) is 5.41 Å². The summed E-state index contributed by atoms with van der Waals surface area (Å²) in [4.78, 5) is 0. The van der Waals surface area contributed by atoms with E-state index in [1.807, 2.05) is 6.07 Å². The van der Waals surface area contributed by atoms with Crippen LogP contribution < -0.4 is 0 Å². The van der Waals surface area contributed by atoms with Gasteiger partial charge in [-0.1, -0.05) is 42.8 Å². The average molecular weight is 333 g/mol. The van der Waals surface area contributed by atoms with E-state index in [2.05, 4.69) is 54.9 Å². The van der Waals surface area contributed by atoms with Crippen molar-refractivity contribution in [1.82, 2.24) is 0 Å². The molecule has 1 heterocycles. The molecule has 1 fully saturated rings. The molecule has 0 aliphatic heterocycles. The van der Waals surface area contributed by atoms with Gasteiger partial charge in [0.2, 0.25) is 0 Å². The lowest BCUT2D eigenvalue weighted by Crippen LogP contribution is -2.12. The largest absolute Gasteiger partial charge is 0.464 e. The Morgan fingerprint density at radius 2 is 2.00 bits per heavy atom. The Labute approximate surface area is 129 Å². The fourth-order valence-electron chi connectivity index (χ4n) is 2.75. The Bertz CT molecular complexity index is 601. The van der Waals surface area contributed by atoms with Gasteiger partial charge in [0.05, 0.1) is 6.26 Å². The molecule has 0 bridgehead atoms. The van der Waals surface area contributed by atoms with Gasteiger partial charge in [-0.05, 0) is 59.1 Å². The molecule has 1 aromatic carbocycles. The zero-order chi connectivity index (χ0) is 14.3. The maximum absolute atomic E-state index is 5.69. The van der Waals surface area contributed by atoms with Crippen LogP contribution in [0, 0.1) is 0 Å². The molecule has 0 saturated heterocycles. The fraction of sp³-hybridized carbons (Fsp3) is 0.444. The summed E-state index contributed by atoms with van der Waals surface area (Å²) in [6.07, 6.45) is 4.38. The Morgan fingerprint density at radius 3 is 2.50 bits per heavy atom. The zero-order valence-corrected chi connectivity index (χ0v) is 14.0. The average Bonchev–Trinajstić information content (AvgIpc) is 3.10. The van der Waals surface area contributed by atoms with Crippen molar-refractivity contribution in [3.05, 3.63) is 47.2 Å². The molecule has 0 amide bonds. The lowest BCUT2D eigenvalue weighted by molar-refractivity contribution is 0.577. The van der Waals surface area contributed by atoms with E-state index in [1.54, 1.807) is 6.26 Å². The van der Waals surface area contributed by atoms with Gasteiger partial charge in [0.1, 0.15) is 5.76 Å². The van der Waals surface area contributed by atoms with Gasteiger partial charge in [-0.2, -0.15) is 0 Å². The van der Waals surface area contributed by atoms with E-state index >= 15 is 0 Å². The summed E-state index contributed by atoms with van der Waals surface area (Å²) in [5, 5.41) is 0.913. The number of benzene rings is 1. The van der Waals surface area contributed by atoms with Crippen LogP contribution >= 0.6 is 15.9 Å². The van der Waals surface area contributed by atoms with E-state index in [1.165, 1.54) is 35.1 Å². The second-order valence-corrected chi connectivity index (χ2v) is 7.29. The van der Waals surface area contributed by atoms with E-state index in [9.17, 15) is 0 Å². The summed E-state index contributed by atoms with van der Waals surface area (Å²) in [5.41, 5.74) is 5.73. The van der Waals surface area contributed by atoms with Gasteiger partial charge < -0.3 is 4.42 Å². The molecule has 1 saturated carbocycles. The summed E-state index contributed by atoms with van der Waals surface area (Å²) in [6, 6.07) is 8.75. The molecule has 0 radical (unpaired) electrons. The summed E-state index contributed by atoms with van der Waals surface area (Å²) in [6.45, 7) is 6.80. The molecule has 1 aliphatic carbocycles. The summed E-state index contributed by atoms with van der Waals surface area (Å²) in [7, 11) is 0. The molecule has 0 N–H and O–H groups in total. The maximum atomic E-state index is 5.69. The van der Waals surface area contributed by atoms with E-state index < -0.39 is 0 Å². The van der Waals surface area contributed by atoms with Crippen molar-refractivity contribution in [2.75, 3.05) is 0 Å². The van der Waals surface area contributed by atoms with Crippen LogP contribution in [0.25, 0.3) is 11.3 Å². The number of hydrogen-bond acceptors (Lipinski definition) is 1. The quantitative estimate of drug-likeness (QED) is 0.626. The Hall–Kier alpha value is -1.02. The predicted molar refractivity (Wildman–Crippen MR) is 87.5 cm³/mol. The SMILES string of the molecule is CC(C)(C)c1cc(CBr)c(C2CC2)c(-c2ccco2)c1. The highest BCUT2D eigenvalue weighted by Crippen LogP contribution is 2.48. The van der Waals surface area contributed by atoms with Gasteiger partial charge in [-0.15, -0.1) is 0 Å². The Kier molecular flexibility index (Phi) is 3.53. The van der Waals surface area contributed by atoms with Gasteiger partial charge in [0.15, 0.2) is 0 Å². The first-order chi connectivity index (χ1) is 9.50. The van der Waals surface area contributed by atoms with Gasteiger partial charge in [0.25, 0.3) is 0 Å².